The van der Waals surface area contributed by atoms with Crippen LogP contribution in [0.4, 0.5) is 0 Å². The van der Waals surface area contributed by atoms with Crippen LogP contribution in [0.5, 0.6) is 0 Å². The summed E-state index contributed by atoms with van der Waals surface area (Å²) in [5, 5.41) is 0. The Morgan fingerprint density at radius 3 is 2.15 bits per heavy atom. The van der Waals surface area contributed by atoms with Gasteiger partial charge in [-0.2, -0.15) is 0 Å². The Morgan fingerprint density at radius 2 is 1.69 bits per heavy atom. The van der Waals surface area contributed by atoms with Crippen molar-refractivity contribution < 1.29 is 9.59 Å². The van der Waals surface area contributed by atoms with Crippen molar-refractivity contribution in [2.45, 2.75) is 52.4 Å². The summed E-state index contributed by atoms with van der Waals surface area (Å²) in [4.78, 5) is 21.5. The smallest absolute Gasteiger partial charge is 0.140 e. The number of unbranched alkanes of at least 4 members (excludes halogenated alkanes) is 3. The van der Waals surface area contributed by atoms with Crippen LogP contribution in [0.25, 0.3) is 0 Å². The fraction of sp³-hybridized carbons (Fsp3) is 0.800. The van der Waals surface area contributed by atoms with Crippen molar-refractivity contribution in [3.05, 3.63) is 0 Å². The zero-order chi connectivity index (χ0) is 9.40. The number of Topliss-reactive ketones (excluding diaryl/α,β-unsaturated/α-hetero) is 2. The highest BCUT2D eigenvalue weighted by atomic mass is 35.5. The van der Waals surface area contributed by atoms with Gasteiger partial charge < -0.3 is 0 Å². The lowest BCUT2D eigenvalue weighted by molar-refractivity contribution is -0.125. The zero-order valence-electron chi connectivity index (χ0n) is 8.47. The number of carbonyl (C=O) groups excluding carboxylic acids is 2. The highest BCUT2D eigenvalue weighted by Gasteiger charge is 2.03. The third kappa shape index (κ3) is 11.6. The first-order chi connectivity index (χ1) is 5.66. The number of ketones is 2. The molecule has 78 valence electrons. The fourth-order valence-corrected chi connectivity index (χ4v) is 1.11. The molecule has 13 heavy (non-hydrogen) atoms. The van der Waals surface area contributed by atoms with Crippen LogP contribution in [0, 0.1) is 0 Å². The second-order valence-electron chi connectivity index (χ2n) is 3.23. The topological polar surface area (TPSA) is 34.1 Å². The Morgan fingerprint density at radius 1 is 1.08 bits per heavy atom. The molecule has 0 saturated heterocycles. The lowest BCUT2D eigenvalue weighted by atomic mass is 10.1. The Kier molecular flexibility index (Phi) is 11.3. The van der Waals surface area contributed by atoms with Gasteiger partial charge in [0.2, 0.25) is 0 Å². The van der Waals surface area contributed by atoms with E-state index in [0.29, 0.717) is 6.42 Å². The predicted molar refractivity (Wildman–Crippen MR) is 56.3 cm³/mol. The molecule has 0 atom stereocenters. The molecule has 0 aliphatic rings. The summed E-state index contributed by atoms with van der Waals surface area (Å²) in [6.45, 7) is 3.60. The van der Waals surface area contributed by atoms with Gasteiger partial charge >= 0.3 is 0 Å². The summed E-state index contributed by atoms with van der Waals surface area (Å²) in [5.74, 6) is 0.0779. The first-order valence-corrected chi connectivity index (χ1v) is 4.68. The maximum Gasteiger partial charge on any atom is 0.140 e. The molecule has 0 radical (unpaired) electrons. The summed E-state index contributed by atoms with van der Waals surface area (Å²) in [6, 6.07) is 0. The van der Waals surface area contributed by atoms with Gasteiger partial charge in [0.05, 0.1) is 6.42 Å². The largest absolute Gasteiger partial charge is 0.300 e. The van der Waals surface area contributed by atoms with Crippen molar-refractivity contribution in [2.24, 2.45) is 0 Å². The van der Waals surface area contributed by atoms with E-state index in [0.717, 1.165) is 12.8 Å². The van der Waals surface area contributed by atoms with Gasteiger partial charge in [-0.25, -0.2) is 0 Å². The molecule has 0 spiro atoms. The summed E-state index contributed by atoms with van der Waals surface area (Å²) in [5.41, 5.74) is 0. The Bertz CT molecular complexity index is 155. The molecule has 0 bridgehead atoms. The van der Waals surface area contributed by atoms with E-state index in [1.807, 2.05) is 0 Å². The van der Waals surface area contributed by atoms with Gasteiger partial charge in [-0.3, -0.25) is 9.59 Å². The van der Waals surface area contributed by atoms with Gasteiger partial charge in [0.15, 0.2) is 0 Å². The summed E-state index contributed by atoms with van der Waals surface area (Å²) in [7, 11) is 0. The number of hydrogen-bond acceptors (Lipinski definition) is 2. The third-order valence-corrected chi connectivity index (χ3v) is 1.76. The minimum Gasteiger partial charge on any atom is -0.300 e. The van der Waals surface area contributed by atoms with E-state index < -0.39 is 0 Å². The maximum absolute atomic E-state index is 11.0. The van der Waals surface area contributed by atoms with Crippen LogP contribution in [-0.4, -0.2) is 11.6 Å². The molecule has 2 nitrogen and oxygen atoms in total. The fourth-order valence-electron chi connectivity index (χ4n) is 1.11. The van der Waals surface area contributed by atoms with Crippen LogP contribution in [-0.2, 0) is 9.59 Å². The van der Waals surface area contributed by atoms with Crippen molar-refractivity contribution in [1.82, 2.24) is 0 Å². The highest BCUT2D eigenvalue weighted by Crippen LogP contribution is 2.04. The molecule has 0 heterocycles. The second kappa shape index (κ2) is 9.72. The molecule has 0 aliphatic heterocycles. The van der Waals surface area contributed by atoms with Crippen molar-refractivity contribution in [2.75, 3.05) is 0 Å². The Hall–Kier alpha value is -0.370. The summed E-state index contributed by atoms with van der Waals surface area (Å²) >= 11 is 0. The lowest BCUT2D eigenvalue weighted by Gasteiger charge is -1.97. The Labute approximate surface area is 86.5 Å². The van der Waals surface area contributed by atoms with Crippen LogP contribution in [0.2, 0.25) is 0 Å². The number of halogens is 1. The summed E-state index contributed by atoms with van der Waals surface area (Å²) < 4.78 is 0. The molecule has 0 aromatic rings. The molecule has 3 heteroatoms. The van der Waals surface area contributed by atoms with Crippen LogP contribution in [0.15, 0.2) is 0 Å². The molecule has 0 aromatic heterocycles. The molecule has 0 N–H and O–H groups in total. The predicted octanol–water partition coefficient (Wildman–Crippen LogP) is 2.93. The van der Waals surface area contributed by atoms with Gasteiger partial charge in [0.25, 0.3) is 0 Å². The monoisotopic (exact) mass is 206 g/mol. The van der Waals surface area contributed by atoms with Gasteiger partial charge in [-0.05, 0) is 13.3 Å². The van der Waals surface area contributed by atoms with E-state index in [4.69, 9.17) is 0 Å². The van der Waals surface area contributed by atoms with Gasteiger partial charge in [-0.15, -0.1) is 12.4 Å². The van der Waals surface area contributed by atoms with Gasteiger partial charge in [-0.1, -0.05) is 26.2 Å². The minimum absolute atomic E-state index is 0. The van der Waals surface area contributed by atoms with E-state index >= 15 is 0 Å². The van der Waals surface area contributed by atoms with Crippen LogP contribution < -0.4 is 0 Å². The van der Waals surface area contributed by atoms with Gasteiger partial charge in [0, 0.05) is 6.42 Å². The Balaban J connectivity index is 0. The average molecular weight is 207 g/mol. The zero-order valence-corrected chi connectivity index (χ0v) is 9.28. The maximum atomic E-state index is 11.0. The van der Waals surface area contributed by atoms with Crippen LogP contribution >= 0.6 is 12.4 Å². The number of hydrogen-bond donors (Lipinski definition) is 0. The number of carbonyl (C=O) groups is 2. The first kappa shape index (κ1) is 15.1. The number of rotatable bonds is 7. The third-order valence-electron chi connectivity index (χ3n) is 1.76. The van der Waals surface area contributed by atoms with Crippen molar-refractivity contribution in [3.8, 4) is 0 Å². The summed E-state index contributed by atoms with van der Waals surface area (Å²) in [6.07, 6.45) is 5.14. The minimum atomic E-state index is -0.0181. The molecule has 0 aromatic carbocycles. The molecule has 0 saturated carbocycles. The first-order valence-electron chi connectivity index (χ1n) is 4.68. The normalized spacial score (nSPS) is 9.08. The van der Waals surface area contributed by atoms with Crippen molar-refractivity contribution in [3.63, 3.8) is 0 Å². The molecule has 0 aliphatic carbocycles. The van der Waals surface area contributed by atoms with E-state index in [1.165, 1.54) is 19.8 Å². The molecule has 0 fully saturated rings. The second-order valence-corrected chi connectivity index (χ2v) is 3.23. The molecular weight excluding hydrogens is 188 g/mol. The van der Waals surface area contributed by atoms with Crippen LogP contribution in [0.1, 0.15) is 52.4 Å². The SMILES string of the molecule is CCCCCCC(=O)CC(C)=O.Cl. The molecule has 0 unspecified atom stereocenters. The van der Waals surface area contributed by atoms with E-state index in [2.05, 4.69) is 6.92 Å². The van der Waals surface area contributed by atoms with Crippen LogP contribution in [0.3, 0.4) is 0 Å². The van der Waals surface area contributed by atoms with Gasteiger partial charge in [0.1, 0.15) is 11.6 Å². The quantitative estimate of drug-likeness (QED) is 0.474. The van der Waals surface area contributed by atoms with Crippen molar-refractivity contribution >= 4 is 24.0 Å². The lowest BCUT2D eigenvalue weighted by Crippen LogP contribution is -2.03. The van der Waals surface area contributed by atoms with E-state index in [-0.39, 0.29) is 30.4 Å². The average Bonchev–Trinajstić information content (AvgIpc) is 1.97. The molecule has 0 amide bonds. The molecule has 0 rings (SSSR count). The van der Waals surface area contributed by atoms with E-state index in [9.17, 15) is 9.59 Å². The standard InChI is InChI=1S/C10H18O2.ClH/c1-3-4-5-6-7-10(12)8-9(2)11;/h3-8H2,1-2H3;1H. The van der Waals surface area contributed by atoms with Crippen molar-refractivity contribution in [1.29, 1.82) is 0 Å². The highest BCUT2D eigenvalue weighted by molar-refractivity contribution is 5.97. The van der Waals surface area contributed by atoms with E-state index in [1.54, 1.807) is 0 Å². The molecular formula is C10H19ClO2.